The monoisotopic (exact) mass is 405 g/mol. The molecular weight excluding hydrogens is 382 g/mol. The van der Waals surface area contributed by atoms with Crippen LogP contribution in [0.4, 0.5) is 5.69 Å². The molecule has 7 nitrogen and oxygen atoms in total. The molecule has 0 aliphatic heterocycles. The fourth-order valence-corrected chi connectivity index (χ4v) is 2.84. The summed E-state index contributed by atoms with van der Waals surface area (Å²) in [4.78, 5) is 27.4. The first-order chi connectivity index (χ1) is 14.5. The number of nitrogens with zero attached hydrogens (tertiary/aromatic N) is 1. The molecule has 0 aliphatic rings. The first kappa shape index (κ1) is 20.9. The summed E-state index contributed by atoms with van der Waals surface area (Å²) in [6.07, 6.45) is 2.44. The average Bonchev–Trinajstić information content (AvgIpc) is 2.77. The van der Waals surface area contributed by atoms with Crippen LogP contribution in [0.15, 0.2) is 66.9 Å². The minimum absolute atomic E-state index is 0.0784. The highest BCUT2D eigenvalue weighted by atomic mass is 16.5. The summed E-state index contributed by atoms with van der Waals surface area (Å²) in [5, 5.41) is 2.87. The van der Waals surface area contributed by atoms with E-state index in [0.29, 0.717) is 30.0 Å². The number of hydrogen-bond acceptors (Lipinski definition) is 5. The van der Waals surface area contributed by atoms with E-state index in [0.717, 1.165) is 11.1 Å². The number of amides is 2. The number of benzene rings is 2. The Hall–Kier alpha value is -3.87. The topological polar surface area (TPSA) is 104 Å². The number of pyridine rings is 1. The quantitative estimate of drug-likeness (QED) is 0.568. The molecule has 3 N–H and O–H groups in total. The second kappa shape index (κ2) is 10.1. The number of hydrogen-bond donors (Lipinski definition) is 2. The van der Waals surface area contributed by atoms with Crippen LogP contribution >= 0.6 is 0 Å². The summed E-state index contributed by atoms with van der Waals surface area (Å²) >= 11 is 0. The largest absolute Gasteiger partial charge is 0.497 e. The molecule has 0 bridgehead atoms. The van der Waals surface area contributed by atoms with Crippen molar-refractivity contribution >= 4 is 17.5 Å². The molecular formula is C23H23N3O4. The number of nitrogens with two attached hydrogens (primary N) is 1. The third kappa shape index (κ3) is 6.07. The Labute approximate surface area is 174 Å². The summed E-state index contributed by atoms with van der Waals surface area (Å²) in [6, 6.07) is 18.2. The third-order valence-electron chi connectivity index (χ3n) is 4.37. The van der Waals surface area contributed by atoms with Crippen molar-refractivity contribution in [3.63, 3.8) is 0 Å². The van der Waals surface area contributed by atoms with Crippen LogP contribution in [0.2, 0.25) is 0 Å². The Kier molecular flexibility index (Phi) is 7.00. The number of rotatable bonds is 9. The first-order valence-electron chi connectivity index (χ1n) is 9.44. The van der Waals surface area contributed by atoms with Crippen LogP contribution in [0.5, 0.6) is 11.5 Å². The van der Waals surface area contributed by atoms with Crippen LogP contribution in [-0.2, 0) is 17.8 Å². The minimum Gasteiger partial charge on any atom is -0.497 e. The van der Waals surface area contributed by atoms with E-state index in [1.165, 1.54) is 6.20 Å². The van der Waals surface area contributed by atoms with Gasteiger partial charge in [-0.25, -0.2) is 0 Å². The molecule has 0 aliphatic carbocycles. The maximum atomic E-state index is 12.2. The van der Waals surface area contributed by atoms with Gasteiger partial charge in [0.1, 0.15) is 23.8 Å². The van der Waals surface area contributed by atoms with Crippen molar-refractivity contribution in [2.75, 3.05) is 12.4 Å². The Balaban J connectivity index is 1.53. The Morgan fingerprint density at radius 2 is 1.80 bits per heavy atom. The molecule has 30 heavy (non-hydrogen) atoms. The summed E-state index contributed by atoms with van der Waals surface area (Å²) < 4.78 is 11.0. The van der Waals surface area contributed by atoms with Gasteiger partial charge < -0.3 is 20.5 Å². The number of aryl methyl sites for hydroxylation is 1. The van der Waals surface area contributed by atoms with Crippen molar-refractivity contribution in [3.8, 4) is 11.5 Å². The molecule has 1 aromatic heterocycles. The van der Waals surface area contributed by atoms with Crippen molar-refractivity contribution in [1.82, 2.24) is 4.98 Å². The number of carbonyl (C=O) groups excluding carboxylic acids is 2. The number of nitrogens with one attached hydrogen (secondary N) is 1. The van der Waals surface area contributed by atoms with E-state index in [9.17, 15) is 9.59 Å². The van der Waals surface area contributed by atoms with E-state index in [2.05, 4.69) is 10.3 Å². The smallest absolute Gasteiger partial charge is 0.267 e. The lowest BCUT2D eigenvalue weighted by Gasteiger charge is -2.09. The molecule has 0 radical (unpaired) electrons. The summed E-state index contributed by atoms with van der Waals surface area (Å²) in [7, 11) is 1.58. The SMILES string of the molecule is COc1cccc(NC(=O)CCc2cccc(OCc3ccnc(C(N)=O)c3)c2)c1. The minimum atomic E-state index is -0.578. The van der Waals surface area contributed by atoms with Gasteiger partial charge in [-0.15, -0.1) is 0 Å². The van der Waals surface area contributed by atoms with E-state index >= 15 is 0 Å². The number of primary amides is 1. The molecule has 2 aromatic carbocycles. The summed E-state index contributed by atoms with van der Waals surface area (Å²) in [5.74, 6) is 0.712. The van der Waals surface area contributed by atoms with E-state index in [-0.39, 0.29) is 18.2 Å². The van der Waals surface area contributed by atoms with Crippen molar-refractivity contribution in [2.24, 2.45) is 5.73 Å². The zero-order valence-electron chi connectivity index (χ0n) is 16.6. The molecule has 3 aromatic rings. The second-order valence-corrected chi connectivity index (χ2v) is 6.63. The van der Waals surface area contributed by atoms with Crippen LogP contribution in [0, 0.1) is 0 Å². The molecule has 0 saturated heterocycles. The van der Waals surface area contributed by atoms with Crippen LogP contribution in [0.1, 0.15) is 28.0 Å². The fraction of sp³-hybridized carbons (Fsp3) is 0.174. The predicted octanol–water partition coefficient (Wildman–Crippen LogP) is 3.34. The molecule has 3 rings (SSSR count). The van der Waals surface area contributed by atoms with Gasteiger partial charge in [-0.05, 0) is 53.9 Å². The van der Waals surface area contributed by atoms with Crippen molar-refractivity contribution in [3.05, 3.63) is 83.7 Å². The van der Waals surface area contributed by atoms with Crippen molar-refractivity contribution in [1.29, 1.82) is 0 Å². The fourth-order valence-electron chi connectivity index (χ4n) is 2.84. The maximum absolute atomic E-state index is 12.2. The Morgan fingerprint density at radius 1 is 1.00 bits per heavy atom. The van der Waals surface area contributed by atoms with E-state index in [4.69, 9.17) is 15.2 Å². The maximum Gasteiger partial charge on any atom is 0.267 e. The highest BCUT2D eigenvalue weighted by Gasteiger charge is 2.07. The number of ether oxygens (including phenoxy) is 2. The van der Waals surface area contributed by atoms with E-state index < -0.39 is 5.91 Å². The molecule has 0 fully saturated rings. The molecule has 154 valence electrons. The van der Waals surface area contributed by atoms with E-state index in [1.54, 1.807) is 25.3 Å². The summed E-state index contributed by atoms with van der Waals surface area (Å²) in [5.41, 5.74) is 7.93. The van der Waals surface area contributed by atoms with Crippen molar-refractivity contribution in [2.45, 2.75) is 19.4 Å². The van der Waals surface area contributed by atoms with Gasteiger partial charge >= 0.3 is 0 Å². The Morgan fingerprint density at radius 3 is 2.60 bits per heavy atom. The molecule has 1 heterocycles. The van der Waals surface area contributed by atoms with Gasteiger partial charge in [0.25, 0.3) is 5.91 Å². The molecule has 7 heteroatoms. The normalized spacial score (nSPS) is 10.3. The second-order valence-electron chi connectivity index (χ2n) is 6.63. The van der Waals surface area contributed by atoms with Crippen LogP contribution in [0.3, 0.4) is 0 Å². The highest BCUT2D eigenvalue weighted by Crippen LogP contribution is 2.19. The van der Waals surface area contributed by atoms with Gasteiger partial charge in [-0.1, -0.05) is 18.2 Å². The van der Waals surface area contributed by atoms with Gasteiger partial charge in [-0.2, -0.15) is 0 Å². The highest BCUT2D eigenvalue weighted by molar-refractivity contribution is 5.91. The predicted molar refractivity (Wildman–Crippen MR) is 113 cm³/mol. The van der Waals surface area contributed by atoms with Crippen LogP contribution < -0.4 is 20.5 Å². The lowest BCUT2D eigenvalue weighted by Crippen LogP contribution is -2.13. The average molecular weight is 405 g/mol. The molecule has 2 amide bonds. The van der Waals surface area contributed by atoms with Crippen LogP contribution in [-0.4, -0.2) is 23.9 Å². The number of methoxy groups -OCH3 is 1. The number of carbonyl (C=O) groups is 2. The lowest BCUT2D eigenvalue weighted by atomic mass is 10.1. The van der Waals surface area contributed by atoms with Gasteiger partial charge in [0.15, 0.2) is 0 Å². The van der Waals surface area contributed by atoms with Gasteiger partial charge in [0.05, 0.1) is 7.11 Å². The van der Waals surface area contributed by atoms with E-state index in [1.807, 2.05) is 42.5 Å². The third-order valence-corrected chi connectivity index (χ3v) is 4.37. The standard InChI is InChI=1S/C23H23N3O4/c1-29-19-6-3-5-18(14-19)26-22(27)9-8-16-4-2-7-20(12-16)30-15-17-10-11-25-21(13-17)23(24)28/h2-7,10-14H,8-9,15H2,1H3,(H2,24,28)(H,26,27). The van der Waals surface area contributed by atoms with Gasteiger partial charge in [0.2, 0.25) is 5.91 Å². The molecule has 0 atom stereocenters. The number of anilines is 1. The molecule has 0 spiro atoms. The van der Waals surface area contributed by atoms with Crippen LogP contribution in [0.25, 0.3) is 0 Å². The lowest BCUT2D eigenvalue weighted by molar-refractivity contribution is -0.116. The van der Waals surface area contributed by atoms with Gasteiger partial charge in [-0.3, -0.25) is 14.6 Å². The zero-order valence-corrected chi connectivity index (χ0v) is 16.6. The van der Waals surface area contributed by atoms with Gasteiger partial charge in [0, 0.05) is 24.4 Å². The molecule has 0 saturated carbocycles. The molecule has 0 unspecified atom stereocenters. The number of aromatic nitrogens is 1. The Bertz CT molecular complexity index is 1040. The first-order valence-corrected chi connectivity index (χ1v) is 9.44. The zero-order chi connectivity index (χ0) is 21.3. The van der Waals surface area contributed by atoms with Crippen molar-refractivity contribution < 1.29 is 19.1 Å². The summed E-state index contributed by atoms with van der Waals surface area (Å²) in [6.45, 7) is 0.280.